The molecule has 0 aromatic heterocycles. The van der Waals surface area contributed by atoms with Crippen molar-refractivity contribution in [3.05, 3.63) is 29.8 Å². The van der Waals surface area contributed by atoms with E-state index in [9.17, 15) is 4.79 Å². The van der Waals surface area contributed by atoms with Crippen LogP contribution in [-0.2, 0) is 11.2 Å². The van der Waals surface area contributed by atoms with Gasteiger partial charge in [0, 0.05) is 26.6 Å². The highest BCUT2D eigenvalue weighted by molar-refractivity contribution is 5.76. The molecule has 0 heterocycles. The van der Waals surface area contributed by atoms with Gasteiger partial charge < -0.3 is 15.0 Å². The first-order valence-electron chi connectivity index (χ1n) is 7.75. The van der Waals surface area contributed by atoms with Gasteiger partial charge in [-0.15, -0.1) is 0 Å². The van der Waals surface area contributed by atoms with Gasteiger partial charge >= 0.3 is 0 Å². The summed E-state index contributed by atoms with van der Waals surface area (Å²) in [4.78, 5) is 13.7. The average molecular weight is 292 g/mol. The monoisotopic (exact) mass is 292 g/mol. The number of benzene rings is 1. The Balaban J connectivity index is 2.12. The average Bonchev–Trinajstić information content (AvgIpc) is 2.52. The zero-order chi connectivity index (χ0) is 15.5. The van der Waals surface area contributed by atoms with E-state index in [0.717, 1.165) is 44.6 Å². The molecule has 1 aromatic rings. The van der Waals surface area contributed by atoms with Crippen molar-refractivity contribution in [1.82, 2.24) is 10.2 Å². The lowest BCUT2D eigenvalue weighted by molar-refractivity contribution is -0.129. The van der Waals surface area contributed by atoms with Gasteiger partial charge in [-0.3, -0.25) is 4.79 Å². The third-order valence-electron chi connectivity index (χ3n) is 3.54. The largest absolute Gasteiger partial charge is 0.497 e. The lowest BCUT2D eigenvalue weighted by Gasteiger charge is -2.16. The first kappa shape index (κ1) is 17.5. The van der Waals surface area contributed by atoms with Crippen molar-refractivity contribution in [2.75, 3.05) is 33.8 Å². The minimum Gasteiger partial charge on any atom is -0.497 e. The molecule has 0 aliphatic rings. The Labute approximate surface area is 128 Å². The molecule has 0 saturated carbocycles. The standard InChI is InChI=1S/C17H28N2O2/c1-4-5-14-19(2)17(20)11-13-18-12-10-15-6-8-16(21-3)9-7-15/h6-9,18H,4-5,10-14H2,1-3H3. The molecule has 4 nitrogen and oxygen atoms in total. The normalized spacial score (nSPS) is 10.4. The molecule has 118 valence electrons. The number of methoxy groups -OCH3 is 1. The maximum absolute atomic E-state index is 11.8. The third kappa shape index (κ3) is 7.14. The van der Waals surface area contributed by atoms with Crippen molar-refractivity contribution >= 4 is 5.91 Å². The van der Waals surface area contributed by atoms with Crippen LogP contribution in [0.4, 0.5) is 0 Å². The second-order valence-corrected chi connectivity index (χ2v) is 5.27. The summed E-state index contributed by atoms with van der Waals surface area (Å²) in [6.45, 7) is 4.63. The van der Waals surface area contributed by atoms with E-state index in [-0.39, 0.29) is 5.91 Å². The van der Waals surface area contributed by atoms with Crippen molar-refractivity contribution in [2.24, 2.45) is 0 Å². The molecule has 1 N–H and O–H groups in total. The summed E-state index contributed by atoms with van der Waals surface area (Å²) in [6, 6.07) is 8.09. The quantitative estimate of drug-likeness (QED) is 0.674. The van der Waals surface area contributed by atoms with Crippen LogP contribution in [0.1, 0.15) is 31.7 Å². The summed E-state index contributed by atoms with van der Waals surface area (Å²) in [5.41, 5.74) is 1.27. The molecule has 0 spiro atoms. The Morgan fingerprint density at radius 2 is 1.95 bits per heavy atom. The molecule has 21 heavy (non-hydrogen) atoms. The highest BCUT2D eigenvalue weighted by Gasteiger charge is 2.06. The Hall–Kier alpha value is -1.55. The number of carbonyl (C=O) groups excluding carboxylic acids is 1. The van der Waals surface area contributed by atoms with Crippen LogP contribution >= 0.6 is 0 Å². The maximum atomic E-state index is 11.8. The van der Waals surface area contributed by atoms with Crippen molar-refractivity contribution in [3.63, 3.8) is 0 Å². The summed E-state index contributed by atoms with van der Waals surface area (Å²) in [5, 5.41) is 3.33. The molecule has 0 aliphatic carbocycles. The number of nitrogens with zero attached hydrogens (tertiary/aromatic N) is 1. The number of amides is 1. The van der Waals surface area contributed by atoms with Crippen LogP contribution in [0.2, 0.25) is 0 Å². The number of nitrogens with one attached hydrogen (secondary N) is 1. The van der Waals surface area contributed by atoms with Crippen molar-refractivity contribution < 1.29 is 9.53 Å². The fourth-order valence-corrected chi connectivity index (χ4v) is 2.06. The minimum atomic E-state index is 0.223. The van der Waals surface area contributed by atoms with E-state index in [1.54, 1.807) is 7.11 Å². The Bertz CT molecular complexity index is 404. The predicted octanol–water partition coefficient (Wildman–Crippen LogP) is 2.48. The van der Waals surface area contributed by atoms with Gasteiger partial charge in [-0.2, -0.15) is 0 Å². The highest BCUT2D eigenvalue weighted by atomic mass is 16.5. The van der Waals surface area contributed by atoms with Crippen molar-refractivity contribution in [2.45, 2.75) is 32.6 Å². The molecule has 0 aliphatic heterocycles. The topological polar surface area (TPSA) is 41.6 Å². The van der Waals surface area contributed by atoms with Gasteiger partial charge in [0.1, 0.15) is 5.75 Å². The zero-order valence-electron chi connectivity index (χ0n) is 13.5. The molecule has 1 rings (SSSR count). The van der Waals surface area contributed by atoms with E-state index in [4.69, 9.17) is 4.74 Å². The van der Waals surface area contributed by atoms with Crippen LogP contribution in [0.3, 0.4) is 0 Å². The first-order chi connectivity index (χ1) is 10.2. The SMILES string of the molecule is CCCCN(C)C(=O)CCNCCc1ccc(OC)cc1. The Morgan fingerprint density at radius 1 is 1.24 bits per heavy atom. The van der Waals surface area contributed by atoms with Gasteiger partial charge in [-0.1, -0.05) is 25.5 Å². The van der Waals surface area contributed by atoms with Crippen molar-refractivity contribution in [3.8, 4) is 5.75 Å². The molecule has 0 saturated heterocycles. The van der Waals surface area contributed by atoms with Crippen molar-refractivity contribution in [1.29, 1.82) is 0 Å². The second kappa shape index (κ2) is 10.2. The lowest BCUT2D eigenvalue weighted by Crippen LogP contribution is -2.31. The first-order valence-corrected chi connectivity index (χ1v) is 7.75. The smallest absolute Gasteiger partial charge is 0.223 e. The molecule has 0 radical (unpaired) electrons. The Morgan fingerprint density at radius 3 is 2.57 bits per heavy atom. The van der Waals surface area contributed by atoms with E-state index >= 15 is 0 Å². The van der Waals surface area contributed by atoms with E-state index in [2.05, 4.69) is 24.4 Å². The van der Waals surface area contributed by atoms with E-state index in [0.29, 0.717) is 6.42 Å². The van der Waals surface area contributed by atoms with Crippen LogP contribution in [0.25, 0.3) is 0 Å². The van der Waals surface area contributed by atoms with E-state index in [1.165, 1.54) is 5.56 Å². The molecule has 1 aromatic carbocycles. The molecule has 0 bridgehead atoms. The van der Waals surface area contributed by atoms with Gasteiger partial charge in [-0.05, 0) is 37.1 Å². The number of rotatable bonds is 10. The summed E-state index contributed by atoms with van der Waals surface area (Å²) in [6.07, 6.45) is 3.73. The number of hydrogen-bond donors (Lipinski definition) is 1. The summed E-state index contributed by atoms with van der Waals surface area (Å²) < 4.78 is 5.13. The molecular formula is C17H28N2O2. The fourth-order valence-electron chi connectivity index (χ4n) is 2.06. The Kier molecular flexibility index (Phi) is 8.51. The number of unbranched alkanes of at least 4 members (excludes halogenated alkanes) is 1. The van der Waals surface area contributed by atoms with Gasteiger partial charge in [0.05, 0.1) is 7.11 Å². The predicted molar refractivity (Wildman–Crippen MR) is 86.7 cm³/mol. The second-order valence-electron chi connectivity index (χ2n) is 5.27. The van der Waals surface area contributed by atoms with E-state index < -0.39 is 0 Å². The summed E-state index contributed by atoms with van der Waals surface area (Å²) in [5.74, 6) is 1.10. The summed E-state index contributed by atoms with van der Waals surface area (Å²) in [7, 11) is 3.56. The molecule has 0 fully saturated rings. The maximum Gasteiger partial charge on any atom is 0.223 e. The van der Waals surface area contributed by atoms with Gasteiger partial charge in [0.15, 0.2) is 0 Å². The van der Waals surface area contributed by atoms with Crippen LogP contribution in [0.15, 0.2) is 24.3 Å². The highest BCUT2D eigenvalue weighted by Crippen LogP contribution is 2.11. The van der Waals surface area contributed by atoms with Crippen LogP contribution in [0, 0.1) is 0 Å². The molecule has 0 unspecified atom stereocenters. The van der Waals surface area contributed by atoms with Crippen LogP contribution in [-0.4, -0.2) is 44.6 Å². The number of carbonyl (C=O) groups is 1. The lowest BCUT2D eigenvalue weighted by atomic mass is 10.1. The van der Waals surface area contributed by atoms with Gasteiger partial charge in [0.25, 0.3) is 0 Å². The summed E-state index contributed by atoms with van der Waals surface area (Å²) >= 11 is 0. The van der Waals surface area contributed by atoms with Gasteiger partial charge in [0.2, 0.25) is 5.91 Å². The molecule has 1 amide bonds. The number of ether oxygens (including phenoxy) is 1. The third-order valence-corrected chi connectivity index (χ3v) is 3.54. The van der Waals surface area contributed by atoms with E-state index in [1.807, 2.05) is 24.1 Å². The molecular weight excluding hydrogens is 264 g/mol. The zero-order valence-corrected chi connectivity index (χ0v) is 13.5. The van der Waals surface area contributed by atoms with Gasteiger partial charge in [-0.25, -0.2) is 0 Å². The number of hydrogen-bond acceptors (Lipinski definition) is 3. The van der Waals surface area contributed by atoms with Crippen LogP contribution < -0.4 is 10.1 Å². The molecule has 4 heteroatoms. The van der Waals surface area contributed by atoms with Crippen LogP contribution in [0.5, 0.6) is 5.75 Å². The minimum absolute atomic E-state index is 0.223. The fraction of sp³-hybridized carbons (Fsp3) is 0.588. The molecule has 0 atom stereocenters.